The third-order valence-corrected chi connectivity index (χ3v) is 3.36. The average Bonchev–Trinajstić information content (AvgIpc) is 2.49. The highest BCUT2D eigenvalue weighted by molar-refractivity contribution is 5.29. The zero-order chi connectivity index (χ0) is 14.4. The molecule has 1 N–H and O–H groups in total. The molecule has 2 aromatic rings. The lowest BCUT2D eigenvalue weighted by atomic mass is 10.1. The van der Waals surface area contributed by atoms with E-state index in [0.717, 1.165) is 23.4 Å². The molecule has 0 aliphatic rings. The van der Waals surface area contributed by atoms with E-state index in [0.29, 0.717) is 0 Å². The number of aliphatic hydroxyl groups is 1. The Kier molecular flexibility index (Phi) is 5.09. The Morgan fingerprint density at radius 2 is 2.00 bits per heavy atom. The molecule has 1 aromatic heterocycles. The second kappa shape index (κ2) is 7.03. The van der Waals surface area contributed by atoms with Crippen molar-refractivity contribution in [1.29, 1.82) is 0 Å². The number of hydrogen-bond donors (Lipinski definition) is 1. The molecule has 2 rings (SSSR count). The molecule has 0 spiro atoms. The number of hydrogen-bond acceptors (Lipinski definition) is 4. The van der Waals surface area contributed by atoms with Gasteiger partial charge in [-0.3, -0.25) is 9.88 Å². The van der Waals surface area contributed by atoms with Crippen molar-refractivity contribution in [3.05, 3.63) is 59.9 Å². The number of rotatable bonds is 6. The molecule has 1 atom stereocenters. The fraction of sp³-hybridized carbons (Fsp3) is 0.312. The summed E-state index contributed by atoms with van der Waals surface area (Å²) in [5, 5.41) is 9.67. The zero-order valence-corrected chi connectivity index (χ0v) is 11.9. The van der Waals surface area contributed by atoms with Crippen LogP contribution in [0.5, 0.6) is 5.75 Å². The van der Waals surface area contributed by atoms with Crippen LogP contribution in [-0.2, 0) is 6.54 Å². The lowest BCUT2D eigenvalue weighted by Crippen LogP contribution is -2.27. The average molecular weight is 272 g/mol. The Labute approximate surface area is 119 Å². The van der Waals surface area contributed by atoms with Crippen molar-refractivity contribution >= 4 is 0 Å². The van der Waals surface area contributed by atoms with Crippen LogP contribution in [0.25, 0.3) is 0 Å². The summed E-state index contributed by atoms with van der Waals surface area (Å²) < 4.78 is 5.15. The van der Waals surface area contributed by atoms with Crippen molar-refractivity contribution < 1.29 is 9.84 Å². The van der Waals surface area contributed by atoms with Crippen LogP contribution in [0.4, 0.5) is 0 Å². The Morgan fingerprint density at radius 3 is 2.55 bits per heavy atom. The lowest BCUT2D eigenvalue weighted by Gasteiger charge is -2.27. The molecule has 0 aliphatic heterocycles. The largest absolute Gasteiger partial charge is 0.497 e. The van der Waals surface area contributed by atoms with Crippen molar-refractivity contribution in [3.8, 4) is 5.75 Å². The van der Waals surface area contributed by atoms with Crippen LogP contribution in [0.15, 0.2) is 48.8 Å². The molecule has 0 saturated carbocycles. The number of likely N-dealkylation sites (N-methyl/N-ethyl adjacent to an activating group) is 1. The van der Waals surface area contributed by atoms with E-state index in [1.54, 1.807) is 13.3 Å². The maximum Gasteiger partial charge on any atom is 0.118 e. The van der Waals surface area contributed by atoms with E-state index >= 15 is 0 Å². The Morgan fingerprint density at radius 1 is 1.25 bits per heavy atom. The molecule has 1 aromatic carbocycles. The quantitative estimate of drug-likeness (QED) is 0.876. The van der Waals surface area contributed by atoms with Crippen molar-refractivity contribution in [2.75, 3.05) is 20.8 Å². The van der Waals surface area contributed by atoms with Gasteiger partial charge in [0.25, 0.3) is 0 Å². The van der Waals surface area contributed by atoms with Gasteiger partial charge in [0.1, 0.15) is 5.75 Å². The Bertz CT molecular complexity index is 514. The monoisotopic (exact) mass is 272 g/mol. The molecule has 0 amide bonds. The summed E-state index contributed by atoms with van der Waals surface area (Å²) in [6.07, 6.45) is 3.61. The fourth-order valence-electron chi connectivity index (χ4n) is 2.22. The van der Waals surface area contributed by atoms with Gasteiger partial charge >= 0.3 is 0 Å². The minimum Gasteiger partial charge on any atom is -0.497 e. The lowest BCUT2D eigenvalue weighted by molar-refractivity contribution is 0.142. The highest BCUT2D eigenvalue weighted by Crippen LogP contribution is 2.23. The molecular weight excluding hydrogens is 252 g/mol. The van der Waals surface area contributed by atoms with Crippen molar-refractivity contribution in [2.45, 2.75) is 12.6 Å². The number of pyridine rings is 1. The molecule has 0 aliphatic carbocycles. The predicted molar refractivity (Wildman–Crippen MR) is 78.5 cm³/mol. The van der Waals surface area contributed by atoms with E-state index in [-0.39, 0.29) is 12.6 Å². The fourth-order valence-corrected chi connectivity index (χ4v) is 2.22. The summed E-state index contributed by atoms with van der Waals surface area (Å²) in [6.45, 7) is 0.814. The van der Waals surface area contributed by atoms with Crippen LogP contribution < -0.4 is 4.74 Å². The van der Waals surface area contributed by atoms with Crippen LogP contribution in [0, 0.1) is 0 Å². The smallest absolute Gasteiger partial charge is 0.118 e. The molecule has 1 heterocycles. The molecule has 0 saturated heterocycles. The van der Waals surface area contributed by atoms with Crippen molar-refractivity contribution in [3.63, 3.8) is 0 Å². The summed E-state index contributed by atoms with van der Waals surface area (Å²) in [6, 6.07) is 11.7. The molecule has 0 fully saturated rings. The van der Waals surface area contributed by atoms with Crippen molar-refractivity contribution in [1.82, 2.24) is 9.88 Å². The van der Waals surface area contributed by atoms with Gasteiger partial charge in [0, 0.05) is 18.9 Å². The molecule has 4 nitrogen and oxygen atoms in total. The van der Waals surface area contributed by atoms with Crippen LogP contribution in [0.3, 0.4) is 0 Å². The number of aliphatic hydroxyl groups excluding tert-OH is 1. The first-order chi connectivity index (χ1) is 9.74. The Hall–Kier alpha value is -1.91. The number of nitrogens with zero attached hydrogens (tertiary/aromatic N) is 2. The number of methoxy groups -OCH3 is 1. The molecule has 1 unspecified atom stereocenters. The van der Waals surface area contributed by atoms with Gasteiger partial charge in [-0.25, -0.2) is 0 Å². The van der Waals surface area contributed by atoms with Crippen LogP contribution in [0.2, 0.25) is 0 Å². The maximum atomic E-state index is 9.67. The first-order valence-corrected chi connectivity index (χ1v) is 6.58. The highest BCUT2D eigenvalue weighted by atomic mass is 16.5. The minimum atomic E-state index is -0.0406. The number of benzene rings is 1. The van der Waals surface area contributed by atoms with E-state index in [1.807, 2.05) is 49.6 Å². The van der Waals surface area contributed by atoms with Crippen LogP contribution >= 0.6 is 0 Å². The summed E-state index contributed by atoms with van der Waals surface area (Å²) >= 11 is 0. The van der Waals surface area contributed by atoms with Gasteiger partial charge in [-0.2, -0.15) is 0 Å². The number of aromatic nitrogens is 1. The molecule has 4 heteroatoms. The molecular formula is C16H20N2O2. The summed E-state index contributed by atoms with van der Waals surface area (Å²) in [5.74, 6) is 0.820. The van der Waals surface area contributed by atoms with Gasteiger partial charge in [-0.1, -0.05) is 18.2 Å². The molecule has 106 valence electrons. The van der Waals surface area contributed by atoms with Crippen LogP contribution in [-0.4, -0.2) is 35.8 Å². The van der Waals surface area contributed by atoms with E-state index in [4.69, 9.17) is 4.74 Å². The molecule has 0 radical (unpaired) electrons. The Balaban J connectivity index is 2.10. The minimum absolute atomic E-state index is 0.0406. The topological polar surface area (TPSA) is 45.6 Å². The zero-order valence-electron chi connectivity index (χ0n) is 11.9. The van der Waals surface area contributed by atoms with E-state index in [2.05, 4.69) is 9.88 Å². The standard InChI is InChI=1S/C16H20N2O2/c1-18(11-13-4-3-9-17-10-13)16(12-19)14-5-7-15(20-2)8-6-14/h3-10,16,19H,11-12H2,1-2H3. The van der Waals surface area contributed by atoms with E-state index in [1.165, 1.54) is 0 Å². The highest BCUT2D eigenvalue weighted by Gasteiger charge is 2.16. The van der Waals surface area contributed by atoms with E-state index < -0.39 is 0 Å². The maximum absolute atomic E-state index is 9.67. The third-order valence-electron chi connectivity index (χ3n) is 3.36. The second-order valence-corrected chi connectivity index (χ2v) is 4.75. The number of ether oxygens (including phenoxy) is 1. The van der Waals surface area contributed by atoms with Crippen LogP contribution in [0.1, 0.15) is 17.2 Å². The van der Waals surface area contributed by atoms with Gasteiger partial charge < -0.3 is 9.84 Å². The van der Waals surface area contributed by atoms with Gasteiger partial charge in [0.15, 0.2) is 0 Å². The van der Waals surface area contributed by atoms with Crippen molar-refractivity contribution in [2.24, 2.45) is 0 Å². The van der Waals surface area contributed by atoms with E-state index in [9.17, 15) is 5.11 Å². The molecule has 0 bridgehead atoms. The summed E-state index contributed by atoms with van der Waals surface area (Å²) in [4.78, 5) is 6.22. The third kappa shape index (κ3) is 3.56. The molecule has 20 heavy (non-hydrogen) atoms. The van der Waals surface area contributed by atoms with Gasteiger partial charge in [0.05, 0.1) is 19.8 Å². The van der Waals surface area contributed by atoms with Gasteiger partial charge in [-0.15, -0.1) is 0 Å². The summed E-state index contributed by atoms with van der Waals surface area (Å²) in [5.41, 5.74) is 2.20. The first-order valence-electron chi connectivity index (χ1n) is 6.58. The van der Waals surface area contributed by atoms with Gasteiger partial charge in [0.2, 0.25) is 0 Å². The first kappa shape index (κ1) is 14.5. The second-order valence-electron chi connectivity index (χ2n) is 4.75. The summed E-state index contributed by atoms with van der Waals surface area (Å²) in [7, 11) is 3.64. The van der Waals surface area contributed by atoms with Gasteiger partial charge in [-0.05, 0) is 36.4 Å². The normalized spacial score (nSPS) is 12.4. The predicted octanol–water partition coefficient (Wildman–Crippen LogP) is 2.26. The SMILES string of the molecule is COc1ccc(C(CO)N(C)Cc2cccnc2)cc1.